The van der Waals surface area contributed by atoms with Crippen molar-refractivity contribution in [3.8, 4) is 11.8 Å². The standard InChI is InChI=1S/C10H16B/c1-9-6-4-3-5-7-11-8-10(9)2/h9-10H,3,5,7-8H2,1-2H3. The molecular weight excluding hydrogens is 131 g/mol. The van der Waals surface area contributed by atoms with Gasteiger partial charge in [-0.15, -0.1) is 5.92 Å². The first kappa shape index (κ1) is 8.72. The summed E-state index contributed by atoms with van der Waals surface area (Å²) in [6, 6.07) is 0. The van der Waals surface area contributed by atoms with Gasteiger partial charge in [-0.2, -0.15) is 0 Å². The van der Waals surface area contributed by atoms with Gasteiger partial charge >= 0.3 is 0 Å². The lowest BCUT2D eigenvalue weighted by atomic mass is 9.64. The normalized spacial score (nSPS) is 31.8. The second kappa shape index (κ2) is 4.49. The van der Waals surface area contributed by atoms with E-state index in [9.17, 15) is 0 Å². The first-order chi connectivity index (χ1) is 5.30. The fourth-order valence-electron chi connectivity index (χ4n) is 1.30. The van der Waals surface area contributed by atoms with Crippen LogP contribution in [-0.4, -0.2) is 7.28 Å². The molecule has 0 fully saturated rings. The highest BCUT2D eigenvalue weighted by Crippen LogP contribution is 2.16. The van der Waals surface area contributed by atoms with Gasteiger partial charge in [-0.1, -0.05) is 32.4 Å². The Morgan fingerprint density at radius 1 is 1.36 bits per heavy atom. The van der Waals surface area contributed by atoms with Crippen LogP contribution in [0.15, 0.2) is 0 Å². The van der Waals surface area contributed by atoms with E-state index in [0.717, 1.165) is 12.3 Å². The average Bonchev–Trinajstić information content (AvgIpc) is 2.07. The van der Waals surface area contributed by atoms with Crippen LogP contribution in [0.3, 0.4) is 0 Å². The highest BCUT2D eigenvalue weighted by molar-refractivity contribution is 6.35. The molecule has 0 N–H and O–H groups in total. The van der Waals surface area contributed by atoms with Crippen LogP contribution in [0.2, 0.25) is 12.6 Å². The van der Waals surface area contributed by atoms with Crippen molar-refractivity contribution in [2.24, 2.45) is 11.8 Å². The summed E-state index contributed by atoms with van der Waals surface area (Å²) >= 11 is 0. The topological polar surface area (TPSA) is 0 Å². The molecule has 1 heterocycles. The van der Waals surface area contributed by atoms with Gasteiger partial charge in [-0.05, 0) is 12.3 Å². The van der Waals surface area contributed by atoms with Crippen molar-refractivity contribution in [3.05, 3.63) is 0 Å². The van der Waals surface area contributed by atoms with Gasteiger partial charge in [0.05, 0.1) is 0 Å². The molecule has 1 aliphatic heterocycles. The molecule has 0 amide bonds. The maximum Gasteiger partial charge on any atom is 0.109 e. The molecule has 0 aromatic rings. The van der Waals surface area contributed by atoms with E-state index in [1.165, 1.54) is 19.1 Å². The summed E-state index contributed by atoms with van der Waals surface area (Å²) in [5.41, 5.74) is 0. The summed E-state index contributed by atoms with van der Waals surface area (Å²) in [7, 11) is 2.41. The highest BCUT2D eigenvalue weighted by atomic mass is 14.1. The fourth-order valence-corrected chi connectivity index (χ4v) is 1.30. The molecule has 0 saturated heterocycles. The number of rotatable bonds is 0. The second-order valence-electron chi connectivity index (χ2n) is 3.50. The predicted molar refractivity (Wildman–Crippen MR) is 50.7 cm³/mol. The molecule has 1 radical (unpaired) electrons. The second-order valence-corrected chi connectivity index (χ2v) is 3.50. The van der Waals surface area contributed by atoms with Crippen LogP contribution in [0.1, 0.15) is 26.7 Å². The van der Waals surface area contributed by atoms with Crippen molar-refractivity contribution in [1.29, 1.82) is 0 Å². The van der Waals surface area contributed by atoms with Crippen LogP contribution in [0.4, 0.5) is 0 Å². The molecular formula is C10H16B. The molecule has 0 bridgehead atoms. The van der Waals surface area contributed by atoms with E-state index in [2.05, 4.69) is 33.0 Å². The summed E-state index contributed by atoms with van der Waals surface area (Å²) in [6.07, 6.45) is 4.85. The highest BCUT2D eigenvalue weighted by Gasteiger charge is 2.10. The van der Waals surface area contributed by atoms with Crippen molar-refractivity contribution in [3.63, 3.8) is 0 Å². The van der Waals surface area contributed by atoms with Crippen molar-refractivity contribution in [2.75, 3.05) is 0 Å². The van der Waals surface area contributed by atoms with E-state index in [-0.39, 0.29) is 0 Å². The van der Waals surface area contributed by atoms with Gasteiger partial charge in [-0.3, -0.25) is 0 Å². The van der Waals surface area contributed by atoms with Crippen molar-refractivity contribution < 1.29 is 0 Å². The van der Waals surface area contributed by atoms with Gasteiger partial charge in [0.15, 0.2) is 0 Å². The molecule has 0 aliphatic carbocycles. The Morgan fingerprint density at radius 3 is 3.00 bits per heavy atom. The Bertz CT molecular complexity index is 163. The summed E-state index contributed by atoms with van der Waals surface area (Å²) in [6.45, 7) is 4.53. The smallest absolute Gasteiger partial charge is 0.103 e. The summed E-state index contributed by atoms with van der Waals surface area (Å²) in [4.78, 5) is 0. The molecule has 11 heavy (non-hydrogen) atoms. The van der Waals surface area contributed by atoms with Crippen LogP contribution in [0, 0.1) is 23.7 Å². The molecule has 2 atom stereocenters. The van der Waals surface area contributed by atoms with Gasteiger partial charge in [0.2, 0.25) is 0 Å². The predicted octanol–water partition coefficient (Wildman–Crippen LogP) is 2.60. The summed E-state index contributed by atoms with van der Waals surface area (Å²) in [5.74, 6) is 7.88. The van der Waals surface area contributed by atoms with Crippen molar-refractivity contribution in [2.45, 2.75) is 39.3 Å². The minimum atomic E-state index is 0.587. The fraction of sp³-hybridized carbons (Fsp3) is 0.800. The van der Waals surface area contributed by atoms with Crippen LogP contribution < -0.4 is 0 Å². The quantitative estimate of drug-likeness (QED) is 0.365. The Hall–Kier alpha value is -0.375. The zero-order valence-corrected chi connectivity index (χ0v) is 7.56. The maximum absolute atomic E-state index is 3.30. The van der Waals surface area contributed by atoms with Gasteiger partial charge in [0.1, 0.15) is 7.28 Å². The van der Waals surface area contributed by atoms with Crippen LogP contribution >= 0.6 is 0 Å². The molecule has 0 spiro atoms. The molecule has 1 rings (SSSR count). The molecule has 59 valence electrons. The third-order valence-corrected chi connectivity index (χ3v) is 2.43. The van der Waals surface area contributed by atoms with Crippen LogP contribution in [-0.2, 0) is 0 Å². The molecule has 1 heteroatoms. The molecule has 2 unspecified atom stereocenters. The van der Waals surface area contributed by atoms with E-state index < -0.39 is 0 Å². The minimum absolute atomic E-state index is 0.587. The van der Waals surface area contributed by atoms with Crippen molar-refractivity contribution >= 4 is 7.28 Å². The zero-order valence-electron chi connectivity index (χ0n) is 7.56. The van der Waals surface area contributed by atoms with Crippen LogP contribution in [0.25, 0.3) is 0 Å². The van der Waals surface area contributed by atoms with E-state index in [1.54, 1.807) is 0 Å². The minimum Gasteiger partial charge on any atom is -0.103 e. The molecule has 0 saturated carbocycles. The monoisotopic (exact) mass is 147 g/mol. The van der Waals surface area contributed by atoms with E-state index in [1.807, 2.05) is 0 Å². The molecule has 0 nitrogen and oxygen atoms in total. The van der Waals surface area contributed by atoms with Gasteiger partial charge < -0.3 is 0 Å². The molecule has 1 aliphatic rings. The summed E-state index contributed by atoms with van der Waals surface area (Å²) in [5, 5.41) is 0. The SMILES string of the molecule is CC1C#CCCC[B]CC1C. The average molecular weight is 147 g/mol. The maximum atomic E-state index is 3.30. The van der Waals surface area contributed by atoms with E-state index in [4.69, 9.17) is 0 Å². The van der Waals surface area contributed by atoms with E-state index in [0.29, 0.717) is 5.92 Å². The largest absolute Gasteiger partial charge is 0.109 e. The molecule has 0 aromatic carbocycles. The number of hydrogen-bond acceptors (Lipinski definition) is 0. The van der Waals surface area contributed by atoms with Crippen LogP contribution in [0.5, 0.6) is 0 Å². The third-order valence-electron chi connectivity index (χ3n) is 2.43. The third kappa shape index (κ3) is 3.01. The lowest BCUT2D eigenvalue weighted by Gasteiger charge is -2.12. The Morgan fingerprint density at radius 2 is 2.18 bits per heavy atom. The van der Waals surface area contributed by atoms with Gasteiger partial charge in [-0.25, -0.2) is 0 Å². The van der Waals surface area contributed by atoms with E-state index >= 15 is 0 Å². The lowest BCUT2D eigenvalue weighted by molar-refractivity contribution is 0.518. The lowest BCUT2D eigenvalue weighted by Crippen LogP contribution is -2.07. The first-order valence-corrected chi connectivity index (χ1v) is 4.61. The molecule has 0 aromatic heterocycles. The van der Waals surface area contributed by atoms with Crippen molar-refractivity contribution in [1.82, 2.24) is 0 Å². The van der Waals surface area contributed by atoms with Gasteiger partial charge in [0, 0.05) is 12.3 Å². The summed E-state index contributed by atoms with van der Waals surface area (Å²) < 4.78 is 0. The number of hydrogen-bond donors (Lipinski definition) is 0. The zero-order chi connectivity index (χ0) is 8.10. The Kier molecular flexibility index (Phi) is 3.56. The Balaban J connectivity index is 2.47. The van der Waals surface area contributed by atoms with Gasteiger partial charge in [0.25, 0.3) is 0 Å². The first-order valence-electron chi connectivity index (χ1n) is 4.61. The Labute approximate surface area is 71.0 Å².